The van der Waals surface area contributed by atoms with Crippen LogP contribution in [0.15, 0.2) is 72.8 Å². The molecule has 36 heavy (non-hydrogen) atoms. The van der Waals surface area contributed by atoms with Gasteiger partial charge in [-0.15, -0.1) is 10.2 Å². The maximum absolute atomic E-state index is 13.2. The largest absolute Gasteiger partial charge is 0.454 e. The van der Waals surface area contributed by atoms with Gasteiger partial charge < -0.3 is 20.1 Å². The van der Waals surface area contributed by atoms with Crippen molar-refractivity contribution in [2.24, 2.45) is 0 Å². The van der Waals surface area contributed by atoms with Crippen LogP contribution in [0.4, 0.5) is 15.6 Å². The molecular formula is C25H20ClN5O4S. The molecule has 3 aromatic carbocycles. The maximum atomic E-state index is 13.2. The molecule has 0 saturated heterocycles. The molecule has 3 N–H and O–H groups in total. The lowest BCUT2D eigenvalue weighted by Gasteiger charge is -2.18. The van der Waals surface area contributed by atoms with E-state index in [-0.39, 0.29) is 13.2 Å². The predicted molar refractivity (Wildman–Crippen MR) is 138 cm³/mol. The highest BCUT2D eigenvalue weighted by molar-refractivity contribution is 7.18. The van der Waals surface area contributed by atoms with E-state index < -0.39 is 18.0 Å². The first-order valence-electron chi connectivity index (χ1n) is 10.9. The van der Waals surface area contributed by atoms with Crippen LogP contribution in [0.25, 0.3) is 10.6 Å². The SMILES string of the molecule is O=C(Nc1cccc(Cl)c1)NC(Cc1ccccc1)C(=O)Nc1nnc(-c2ccc3c(c2)OCO3)s1. The van der Waals surface area contributed by atoms with Gasteiger partial charge in [0.05, 0.1) is 0 Å². The Morgan fingerprint density at radius 3 is 2.61 bits per heavy atom. The van der Waals surface area contributed by atoms with Gasteiger partial charge in [0.2, 0.25) is 17.8 Å². The number of anilines is 2. The number of fused-ring (bicyclic) bond motifs is 1. The Morgan fingerprint density at radius 1 is 0.944 bits per heavy atom. The maximum Gasteiger partial charge on any atom is 0.319 e. The van der Waals surface area contributed by atoms with Crippen molar-refractivity contribution in [2.75, 3.05) is 17.4 Å². The van der Waals surface area contributed by atoms with Gasteiger partial charge in [0.1, 0.15) is 11.0 Å². The second-order valence-electron chi connectivity index (χ2n) is 7.82. The minimum atomic E-state index is -0.871. The summed E-state index contributed by atoms with van der Waals surface area (Å²) in [5.74, 6) is 0.877. The fraction of sp³-hybridized carbons (Fsp3) is 0.120. The number of halogens is 1. The van der Waals surface area contributed by atoms with Gasteiger partial charge in [-0.1, -0.05) is 59.3 Å². The van der Waals surface area contributed by atoms with Gasteiger partial charge in [0, 0.05) is 22.7 Å². The van der Waals surface area contributed by atoms with E-state index in [2.05, 4.69) is 26.1 Å². The summed E-state index contributed by atoms with van der Waals surface area (Å²) >= 11 is 7.21. The number of aromatic nitrogens is 2. The second-order valence-corrected chi connectivity index (χ2v) is 9.23. The van der Waals surface area contributed by atoms with Crippen LogP contribution in [0.1, 0.15) is 5.56 Å². The van der Waals surface area contributed by atoms with Crippen molar-refractivity contribution in [3.05, 3.63) is 83.4 Å². The number of amides is 3. The van der Waals surface area contributed by atoms with Crippen LogP contribution in [0.5, 0.6) is 11.5 Å². The van der Waals surface area contributed by atoms with Crippen molar-refractivity contribution in [1.82, 2.24) is 15.5 Å². The molecule has 4 aromatic rings. The van der Waals surface area contributed by atoms with Crippen molar-refractivity contribution in [1.29, 1.82) is 0 Å². The average molecular weight is 522 g/mol. The Balaban J connectivity index is 1.29. The normalized spacial score (nSPS) is 12.6. The van der Waals surface area contributed by atoms with Crippen molar-refractivity contribution < 1.29 is 19.1 Å². The summed E-state index contributed by atoms with van der Waals surface area (Å²) in [4.78, 5) is 25.9. The first kappa shape index (κ1) is 23.6. The number of ether oxygens (including phenoxy) is 2. The van der Waals surface area contributed by atoms with Gasteiger partial charge >= 0.3 is 6.03 Å². The Kier molecular flexibility index (Phi) is 6.96. The fourth-order valence-corrected chi connectivity index (χ4v) is 4.50. The van der Waals surface area contributed by atoms with Crippen LogP contribution < -0.4 is 25.4 Å². The number of carbonyl (C=O) groups excluding carboxylic acids is 2. The summed E-state index contributed by atoms with van der Waals surface area (Å²) in [5, 5.41) is 17.9. The zero-order valence-electron chi connectivity index (χ0n) is 18.7. The number of hydrogen-bond donors (Lipinski definition) is 3. The Hall–Kier alpha value is -4.15. The van der Waals surface area contributed by atoms with Crippen LogP contribution in [-0.4, -0.2) is 35.0 Å². The van der Waals surface area contributed by atoms with Crippen LogP contribution >= 0.6 is 22.9 Å². The Bertz CT molecular complexity index is 1400. The third kappa shape index (κ3) is 5.73. The third-order valence-corrected chi connectivity index (χ3v) is 6.38. The highest BCUT2D eigenvalue weighted by Gasteiger charge is 2.23. The van der Waals surface area contributed by atoms with E-state index in [1.165, 1.54) is 11.3 Å². The number of benzene rings is 3. The lowest BCUT2D eigenvalue weighted by atomic mass is 10.1. The minimum absolute atomic E-state index is 0.177. The van der Waals surface area contributed by atoms with Crippen molar-refractivity contribution in [3.63, 3.8) is 0 Å². The molecule has 1 atom stereocenters. The molecular weight excluding hydrogens is 502 g/mol. The quantitative estimate of drug-likeness (QED) is 0.317. The van der Waals surface area contributed by atoms with Crippen LogP contribution in [0.2, 0.25) is 5.02 Å². The van der Waals surface area contributed by atoms with E-state index >= 15 is 0 Å². The molecule has 1 aromatic heterocycles. The zero-order valence-corrected chi connectivity index (χ0v) is 20.3. The zero-order chi connectivity index (χ0) is 24.9. The monoisotopic (exact) mass is 521 g/mol. The van der Waals surface area contributed by atoms with Gasteiger partial charge in [-0.05, 0) is 42.0 Å². The van der Waals surface area contributed by atoms with Crippen molar-refractivity contribution in [2.45, 2.75) is 12.5 Å². The molecule has 2 heterocycles. The molecule has 0 spiro atoms. The average Bonchev–Trinajstić information content (AvgIpc) is 3.53. The van der Waals surface area contributed by atoms with E-state index in [9.17, 15) is 9.59 Å². The van der Waals surface area contributed by atoms with Crippen LogP contribution in [-0.2, 0) is 11.2 Å². The molecule has 11 heteroatoms. The van der Waals surface area contributed by atoms with Crippen LogP contribution in [0, 0.1) is 0 Å². The lowest BCUT2D eigenvalue weighted by Crippen LogP contribution is -2.46. The second kappa shape index (κ2) is 10.6. The molecule has 0 aliphatic carbocycles. The van der Waals surface area contributed by atoms with Gasteiger partial charge in [-0.2, -0.15) is 0 Å². The molecule has 0 radical (unpaired) electrons. The smallest absolute Gasteiger partial charge is 0.319 e. The summed E-state index contributed by atoms with van der Waals surface area (Å²) < 4.78 is 10.8. The van der Waals surface area contributed by atoms with Gasteiger partial charge in [-0.3, -0.25) is 10.1 Å². The predicted octanol–water partition coefficient (Wildman–Crippen LogP) is 4.96. The molecule has 0 fully saturated rings. The molecule has 182 valence electrons. The van der Waals surface area contributed by atoms with E-state index in [1.54, 1.807) is 30.3 Å². The first-order valence-corrected chi connectivity index (χ1v) is 12.1. The highest BCUT2D eigenvalue weighted by Crippen LogP contribution is 2.37. The minimum Gasteiger partial charge on any atom is -0.454 e. The number of nitrogens with one attached hydrogen (secondary N) is 3. The molecule has 0 saturated carbocycles. The number of urea groups is 1. The number of hydrogen-bond acceptors (Lipinski definition) is 7. The van der Waals surface area contributed by atoms with E-state index in [1.807, 2.05) is 42.5 Å². The summed E-state index contributed by atoms with van der Waals surface area (Å²) in [5.41, 5.74) is 2.19. The molecule has 9 nitrogen and oxygen atoms in total. The topological polar surface area (TPSA) is 114 Å². The van der Waals surface area contributed by atoms with E-state index in [4.69, 9.17) is 21.1 Å². The summed E-state index contributed by atoms with van der Waals surface area (Å²) in [6, 6.07) is 20.2. The van der Waals surface area contributed by atoms with Gasteiger partial charge in [-0.25, -0.2) is 4.79 Å². The number of nitrogens with zero attached hydrogens (tertiary/aromatic N) is 2. The molecule has 1 aliphatic heterocycles. The van der Waals surface area contributed by atoms with Crippen molar-refractivity contribution >= 4 is 45.7 Å². The van der Waals surface area contributed by atoms with Crippen LogP contribution in [0.3, 0.4) is 0 Å². The fourth-order valence-electron chi connectivity index (χ4n) is 3.56. The van der Waals surface area contributed by atoms with Gasteiger partial charge in [0.15, 0.2) is 11.5 Å². The summed E-state index contributed by atoms with van der Waals surface area (Å²) in [7, 11) is 0. The number of carbonyl (C=O) groups is 2. The van der Waals surface area contributed by atoms with E-state index in [0.717, 1.165) is 11.1 Å². The Morgan fingerprint density at radius 2 is 1.78 bits per heavy atom. The summed E-state index contributed by atoms with van der Waals surface area (Å²) in [6.45, 7) is 0.177. The number of rotatable bonds is 7. The van der Waals surface area contributed by atoms with E-state index in [0.29, 0.717) is 32.3 Å². The molecule has 5 rings (SSSR count). The third-order valence-electron chi connectivity index (χ3n) is 5.26. The standard InChI is InChI=1S/C25H20ClN5O4S/c26-17-7-4-8-18(13-17)27-24(33)28-19(11-15-5-2-1-3-6-15)22(32)29-25-31-30-23(36-25)16-9-10-20-21(12-16)35-14-34-20/h1-10,12-13,19H,11,14H2,(H2,27,28,33)(H,29,31,32). The molecule has 1 aliphatic rings. The molecule has 3 amide bonds. The lowest BCUT2D eigenvalue weighted by molar-refractivity contribution is -0.117. The van der Waals surface area contributed by atoms with Gasteiger partial charge in [0.25, 0.3) is 0 Å². The molecule has 1 unspecified atom stereocenters. The summed E-state index contributed by atoms with van der Waals surface area (Å²) in [6.07, 6.45) is 0.281. The molecule has 0 bridgehead atoms. The first-order chi connectivity index (χ1) is 17.5. The Labute approximate surface area is 215 Å². The highest BCUT2D eigenvalue weighted by atomic mass is 35.5. The van der Waals surface area contributed by atoms with Crippen molar-refractivity contribution in [3.8, 4) is 22.1 Å².